The van der Waals surface area contributed by atoms with Crippen LogP contribution in [0.5, 0.6) is 0 Å². The van der Waals surface area contributed by atoms with Gasteiger partial charge in [0.05, 0.1) is 11.3 Å². The number of benzene rings is 2. The number of halogens is 2. The van der Waals surface area contributed by atoms with Gasteiger partial charge in [-0.15, -0.1) is 0 Å². The van der Waals surface area contributed by atoms with Crippen molar-refractivity contribution in [1.29, 1.82) is 5.26 Å². The smallest absolute Gasteiger partial charge is 0.126 e. The maximum Gasteiger partial charge on any atom is 0.126 e. The molecular weight excluding hydrogens is 319 g/mol. The predicted molar refractivity (Wildman–Crippen MR) is 82.0 cm³/mol. The van der Waals surface area contributed by atoms with E-state index >= 15 is 0 Å². The van der Waals surface area contributed by atoms with E-state index in [4.69, 9.17) is 5.26 Å². The summed E-state index contributed by atoms with van der Waals surface area (Å²) in [6.45, 7) is 1.97. The van der Waals surface area contributed by atoms with E-state index in [-0.39, 0.29) is 11.9 Å². The van der Waals surface area contributed by atoms with E-state index in [0.717, 1.165) is 10.2 Å². The van der Waals surface area contributed by atoms with Gasteiger partial charge in [0.25, 0.3) is 0 Å². The molecule has 0 heterocycles. The van der Waals surface area contributed by atoms with Crippen LogP contribution in [0.25, 0.3) is 0 Å². The van der Waals surface area contributed by atoms with Gasteiger partial charge in [0.1, 0.15) is 11.9 Å². The van der Waals surface area contributed by atoms with Crippen LogP contribution in [0.1, 0.15) is 18.1 Å². The Balaban J connectivity index is 2.11. The minimum atomic E-state index is -0.197. The molecule has 1 N–H and O–H groups in total. The molecule has 4 heteroatoms. The quantitative estimate of drug-likeness (QED) is 0.894. The van der Waals surface area contributed by atoms with Gasteiger partial charge in [0, 0.05) is 10.5 Å². The van der Waals surface area contributed by atoms with Crippen molar-refractivity contribution in [2.75, 3.05) is 5.32 Å². The molecule has 1 unspecified atom stereocenters. The Morgan fingerprint density at radius 3 is 2.75 bits per heavy atom. The van der Waals surface area contributed by atoms with Gasteiger partial charge in [-0.2, -0.15) is 5.26 Å². The Morgan fingerprint density at radius 1 is 1.30 bits per heavy atom. The monoisotopic (exact) mass is 332 g/mol. The summed E-state index contributed by atoms with van der Waals surface area (Å²) < 4.78 is 14.5. The Bertz CT molecular complexity index is 649. The highest BCUT2D eigenvalue weighted by Gasteiger charge is 2.10. The Hall–Kier alpha value is -1.86. The Labute approximate surface area is 126 Å². The van der Waals surface area contributed by atoms with Crippen LogP contribution in [0.2, 0.25) is 0 Å². The number of nitriles is 1. The minimum Gasteiger partial charge on any atom is -0.381 e. The first kappa shape index (κ1) is 14.5. The normalized spacial score (nSPS) is 11.7. The van der Waals surface area contributed by atoms with Crippen LogP contribution in [-0.4, -0.2) is 6.04 Å². The van der Waals surface area contributed by atoms with Crippen LogP contribution in [0.3, 0.4) is 0 Å². The first-order valence-electron chi connectivity index (χ1n) is 6.29. The van der Waals surface area contributed by atoms with Crippen LogP contribution >= 0.6 is 15.9 Å². The van der Waals surface area contributed by atoms with Gasteiger partial charge in [-0.25, -0.2) is 4.39 Å². The van der Waals surface area contributed by atoms with Crippen LogP contribution in [0.4, 0.5) is 10.1 Å². The molecule has 0 aliphatic heterocycles. The Morgan fingerprint density at radius 2 is 2.05 bits per heavy atom. The van der Waals surface area contributed by atoms with E-state index in [1.807, 2.05) is 25.1 Å². The van der Waals surface area contributed by atoms with E-state index in [2.05, 4.69) is 27.3 Å². The van der Waals surface area contributed by atoms with E-state index < -0.39 is 0 Å². The number of hydrogen-bond acceptors (Lipinski definition) is 2. The topological polar surface area (TPSA) is 35.8 Å². The molecule has 0 saturated carbocycles. The van der Waals surface area contributed by atoms with Gasteiger partial charge < -0.3 is 5.32 Å². The summed E-state index contributed by atoms with van der Waals surface area (Å²) in [6.07, 6.45) is 0.563. The van der Waals surface area contributed by atoms with Crippen molar-refractivity contribution in [3.63, 3.8) is 0 Å². The third-order valence-electron chi connectivity index (χ3n) is 2.99. The maximum absolute atomic E-state index is 13.6. The predicted octanol–water partition coefficient (Wildman–Crippen LogP) is 4.50. The van der Waals surface area contributed by atoms with Crippen molar-refractivity contribution in [2.24, 2.45) is 0 Å². The molecule has 0 fully saturated rings. The zero-order valence-electron chi connectivity index (χ0n) is 11.0. The number of hydrogen-bond donors (Lipinski definition) is 1. The van der Waals surface area contributed by atoms with E-state index in [0.29, 0.717) is 17.5 Å². The number of nitrogens with zero attached hydrogens (tertiary/aromatic N) is 1. The summed E-state index contributed by atoms with van der Waals surface area (Å²) in [4.78, 5) is 0. The molecular formula is C16H14BrFN2. The molecule has 20 heavy (non-hydrogen) atoms. The number of nitrogens with one attached hydrogen (secondary N) is 1. The van der Waals surface area contributed by atoms with Gasteiger partial charge in [0.15, 0.2) is 0 Å². The molecule has 0 aliphatic rings. The van der Waals surface area contributed by atoms with E-state index in [1.165, 1.54) is 6.07 Å². The van der Waals surface area contributed by atoms with Gasteiger partial charge >= 0.3 is 0 Å². The van der Waals surface area contributed by atoms with Crippen molar-refractivity contribution < 1.29 is 4.39 Å². The van der Waals surface area contributed by atoms with Gasteiger partial charge in [-0.3, -0.25) is 0 Å². The van der Waals surface area contributed by atoms with E-state index in [9.17, 15) is 4.39 Å². The van der Waals surface area contributed by atoms with Crippen LogP contribution < -0.4 is 5.32 Å². The molecule has 0 saturated heterocycles. The zero-order chi connectivity index (χ0) is 14.5. The molecule has 0 amide bonds. The second kappa shape index (κ2) is 6.53. The molecule has 0 bridgehead atoms. The number of anilines is 1. The maximum atomic E-state index is 13.6. The molecule has 102 valence electrons. The summed E-state index contributed by atoms with van der Waals surface area (Å²) in [5.74, 6) is -0.197. The van der Waals surface area contributed by atoms with Crippen molar-refractivity contribution >= 4 is 21.6 Å². The molecule has 0 radical (unpaired) electrons. The summed E-state index contributed by atoms with van der Waals surface area (Å²) in [6, 6.07) is 14.4. The summed E-state index contributed by atoms with van der Waals surface area (Å²) in [5, 5.41) is 12.4. The first-order valence-corrected chi connectivity index (χ1v) is 7.09. The standard InChI is InChI=1S/C16H14BrFN2/c1-11(8-12-4-2-3-5-15(12)18)20-16-7-6-14(17)9-13(16)10-19/h2-7,9,11,20H,8H2,1H3. The number of rotatable bonds is 4. The van der Waals surface area contributed by atoms with Crippen LogP contribution in [0.15, 0.2) is 46.9 Å². The molecule has 0 aliphatic carbocycles. The lowest BCUT2D eigenvalue weighted by atomic mass is 10.1. The highest BCUT2D eigenvalue weighted by Crippen LogP contribution is 2.21. The second-order valence-electron chi connectivity index (χ2n) is 4.64. The van der Waals surface area contributed by atoms with Crippen molar-refractivity contribution in [3.05, 3.63) is 63.9 Å². The largest absolute Gasteiger partial charge is 0.381 e. The average molecular weight is 333 g/mol. The average Bonchev–Trinajstić information content (AvgIpc) is 2.43. The molecule has 2 nitrogen and oxygen atoms in total. The molecule has 0 spiro atoms. The fourth-order valence-corrected chi connectivity index (χ4v) is 2.41. The fraction of sp³-hybridized carbons (Fsp3) is 0.188. The van der Waals surface area contributed by atoms with Crippen LogP contribution in [0, 0.1) is 17.1 Å². The van der Waals surface area contributed by atoms with E-state index in [1.54, 1.807) is 18.2 Å². The minimum absolute atomic E-state index is 0.0279. The molecule has 0 aromatic heterocycles. The SMILES string of the molecule is CC(Cc1ccccc1F)Nc1ccc(Br)cc1C#N. The van der Waals surface area contributed by atoms with Crippen LogP contribution in [-0.2, 0) is 6.42 Å². The Kier molecular flexibility index (Phi) is 4.75. The molecule has 2 aromatic rings. The lowest BCUT2D eigenvalue weighted by Gasteiger charge is -2.17. The van der Waals surface area contributed by atoms with Crippen molar-refractivity contribution in [2.45, 2.75) is 19.4 Å². The van der Waals surface area contributed by atoms with Gasteiger partial charge in [0.2, 0.25) is 0 Å². The summed E-state index contributed by atoms with van der Waals surface area (Å²) in [5.41, 5.74) is 2.00. The summed E-state index contributed by atoms with van der Waals surface area (Å²) >= 11 is 3.34. The zero-order valence-corrected chi connectivity index (χ0v) is 12.6. The summed E-state index contributed by atoms with van der Waals surface area (Å²) in [7, 11) is 0. The fourth-order valence-electron chi connectivity index (χ4n) is 2.05. The third-order valence-corrected chi connectivity index (χ3v) is 3.48. The highest BCUT2D eigenvalue weighted by molar-refractivity contribution is 9.10. The first-order chi connectivity index (χ1) is 9.60. The molecule has 2 aromatic carbocycles. The third kappa shape index (κ3) is 3.58. The lowest BCUT2D eigenvalue weighted by Crippen LogP contribution is -2.19. The van der Waals surface area contributed by atoms with Gasteiger partial charge in [-0.05, 0) is 43.2 Å². The highest BCUT2D eigenvalue weighted by atomic mass is 79.9. The molecule has 1 atom stereocenters. The van der Waals surface area contributed by atoms with Gasteiger partial charge in [-0.1, -0.05) is 34.1 Å². The van der Waals surface area contributed by atoms with Crippen molar-refractivity contribution in [1.82, 2.24) is 0 Å². The van der Waals surface area contributed by atoms with Crippen molar-refractivity contribution in [3.8, 4) is 6.07 Å². The molecule has 2 rings (SSSR count). The second-order valence-corrected chi connectivity index (χ2v) is 5.56. The lowest BCUT2D eigenvalue weighted by molar-refractivity contribution is 0.601.